The van der Waals surface area contributed by atoms with Gasteiger partial charge in [-0.3, -0.25) is 4.79 Å². The van der Waals surface area contributed by atoms with E-state index in [4.69, 9.17) is 0 Å². The van der Waals surface area contributed by atoms with E-state index in [1.165, 1.54) is 12.1 Å². The molecule has 0 amide bonds. The van der Waals surface area contributed by atoms with Crippen LogP contribution in [-0.4, -0.2) is 4.98 Å². The SMILES string of the molecule is Cc1cc(F)cc2c(=O)c3c([nH]c12)CCC3. The minimum Gasteiger partial charge on any atom is -0.358 e. The topological polar surface area (TPSA) is 32.9 Å². The van der Waals surface area contributed by atoms with Gasteiger partial charge in [0.1, 0.15) is 5.82 Å². The van der Waals surface area contributed by atoms with Crippen LogP contribution in [-0.2, 0) is 12.8 Å². The number of aryl methyl sites for hydroxylation is 2. The van der Waals surface area contributed by atoms with Crippen molar-refractivity contribution in [2.75, 3.05) is 0 Å². The van der Waals surface area contributed by atoms with E-state index in [1.807, 2.05) is 6.92 Å². The summed E-state index contributed by atoms with van der Waals surface area (Å²) in [5.74, 6) is -0.339. The van der Waals surface area contributed by atoms with Crippen molar-refractivity contribution in [3.8, 4) is 0 Å². The summed E-state index contributed by atoms with van der Waals surface area (Å²) in [7, 11) is 0. The smallest absolute Gasteiger partial charge is 0.192 e. The Bertz CT molecular complexity index is 642. The Balaban J connectivity index is 2.51. The van der Waals surface area contributed by atoms with Crippen LogP contribution in [0.4, 0.5) is 4.39 Å². The van der Waals surface area contributed by atoms with Crippen LogP contribution in [0.5, 0.6) is 0 Å². The molecule has 16 heavy (non-hydrogen) atoms. The first-order valence-electron chi connectivity index (χ1n) is 5.50. The second kappa shape index (κ2) is 3.17. The highest BCUT2D eigenvalue weighted by atomic mass is 19.1. The highest BCUT2D eigenvalue weighted by molar-refractivity contribution is 5.82. The summed E-state index contributed by atoms with van der Waals surface area (Å²) < 4.78 is 13.3. The van der Waals surface area contributed by atoms with Crippen LogP contribution < -0.4 is 5.43 Å². The number of halogens is 1. The monoisotopic (exact) mass is 217 g/mol. The first-order valence-corrected chi connectivity index (χ1v) is 5.50. The molecule has 1 aliphatic carbocycles. The molecule has 1 aromatic carbocycles. The molecule has 3 rings (SSSR count). The van der Waals surface area contributed by atoms with E-state index in [9.17, 15) is 9.18 Å². The van der Waals surface area contributed by atoms with Crippen molar-refractivity contribution >= 4 is 10.9 Å². The van der Waals surface area contributed by atoms with Crippen molar-refractivity contribution in [3.63, 3.8) is 0 Å². The molecule has 2 nitrogen and oxygen atoms in total. The van der Waals surface area contributed by atoms with E-state index in [0.29, 0.717) is 5.39 Å². The predicted molar refractivity (Wildman–Crippen MR) is 61.3 cm³/mol. The number of aromatic amines is 1. The number of hydrogen-bond donors (Lipinski definition) is 1. The molecule has 3 heteroatoms. The zero-order valence-electron chi connectivity index (χ0n) is 9.06. The average molecular weight is 217 g/mol. The fraction of sp³-hybridized carbons (Fsp3) is 0.308. The summed E-state index contributed by atoms with van der Waals surface area (Å²) in [5.41, 5.74) is 3.46. The molecule has 1 aromatic heterocycles. The van der Waals surface area contributed by atoms with E-state index in [1.54, 1.807) is 0 Å². The number of rotatable bonds is 0. The Kier molecular flexibility index (Phi) is 1.90. The number of hydrogen-bond acceptors (Lipinski definition) is 1. The predicted octanol–water partition coefficient (Wildman–Crippen LogP) is 2.46. The quantitative estimate of drug-likeness (QED) is 0.722. The van der Waals surface area contributed by atoms with E-state index >= 15 is 0 Å². The molecular formula is C13H12FNO. The molecule has 0 unspecified atom stereocenters. The first-order chi connectivity index (χ1) is 7.66. The van der Waals surface area contributed by atoms with Gasteiger partial charge in [-0.15, -0.1) is 0 Å². The Morgan fingerprint density at radius 1 is 1.31 bits per heavy atom. The highest BCUT2D eigenvalue weighted by Gasteiger charge is 2.18. The van der Waals surface area contributed by atoms with Gasteiger partial charge in [-0.05, 0) is 43.9 Å². The summed E-state index contributed by atoms with van der Waals surface area (Å²) in [6, 6.07) is 2.79. The normalized spacial score (nSPS) is 14.4. The molecule has 0 aliphatic heterocycles. The number of pyridine rings is 1. The van der Waals surface area contributed by atoms with Crippen LogP contribution in [0, 0.1) is 12.7 Å². The van der Waals surface area contributed by atoms with Crippen LogP contribution in [0.15, 0.2) is 16.9 Å². The number of nitrogens with one attached hydrogen (secondary N) is 1. The molecule has 1 aliphatic rings. The third-order valence-electron chi connectivity index (χ3n) is 3.31. The minimum absolute atomic E-state index is 0.00356. The highest BCUT2D eigenvalue weighted by Crippen LogP contribution is 2.22. The lowest BCUT2D eigenvalue weighted by Gasteiger charge is -2.06. The van der Waals surface area contributed by atoms with Gasteiger partial charge < -0.3 is 4.98 Å². The van der Waals surface area contributed by atoms with E-state index < -0.39 is 0 Å². The molecule has 82 valence electrons. The van der Waals surface area contributed by atoms with Gasteiger partial charge >= 0.3 is 0 Å². The van der Waals surface area contributed by atoms with Crippen LogP contribution in [0.3, 0.4) is 0 Å². The van der Waals surface area contributed by atoms with Crippen molar-refractivity contribution in [2.24, 2.45) is 0 Å². The van der Waals surface area contributed by atoms with Crippen LogP contribution in [0.1, 0.15) is 23.2 Å². The first kappa shape index (κ1) is 9.58. The van der Waals surface area contributed by atoms with Gasteiger partial charge in [0.25, 0.3) is 0 Å². The molecule has 2 aromatic rings. The van der Waals surface area contributed by atoms with Gasteiger partial charge in [-0.25, -0.2) is 4.39 Å². The van der Waals surface area contributed by atoms with Gasteiger partial charge in [0.05, 0.1) is 5.52 Å². The maximum atomic E-state index is 13.3. The van der Waals surface area contributed by atoms with Crippen molar-refractivity contribution in [3.05, 3.63) is 45.0 Å². The summed E-state index contributed by atoms with van der Waals surface area (Å²) in [4.78, 5) is 15.4. The molecule has 0 radical (unpaired) electrons. The third-order valence-corrected chi connectivity index (χ3v) is 3.31. The van der Waals surface area contributed by atoms with Crippen LogP contribution in [0.2, 0.25) is 0 Å². The average Bonchev–Trinajstić information content (AvgIpc) is 2.68. The van der Waals surface area contributed by atoms with Crippen molar-refractivity contribution in [1.29, 1.82) is 0 Å². The summed E-state index contributed by atoms with van der Waals surface area (Å²) in [5, 5.41) is 0.484. The van der Waals surface area contributed by atoms with Gasteiger partial charge in [0, 0.05) is 16.6 Å². The van der Waals surface area contributed by atoms with Crippen molar-refractivity contribution in [1.82, 2.24) is 4.98 Å². The van der Waals surface area contributed by atoms with Crippen molar-refractivity contribution < 1.29 is 4.39 Å². The Labute approximate surface area is 92.1 Å². The lowest BCUT2D eigenvalue weighted by molar-refractivity contribution is 0.628. The minimum atomic E-state index is -0.339. The maximum absolute atomic E-state index is 13.3. The molecule has 0 atom stereocenters. The van der Waals surface area contributed by atoms with Gasteiger partial charge in [-0.2, -0.15) is 0 Å². The van der Waals surface area contributed by atoms with Gasteiger partial charge in [0.15, 0.2) is 5.43 Å². The van der Waals surface area contributed by atoms with Gasteiger partial charge in [0.2, 0.25) is 0 Å². The zero-order valence-corrected chi connectivity index (χ0v) is 9.06. The Hall–Kier alpha value is -1.64. The molecule has 1 N–H and O–H groups in total. The third kappa shape index (κ3) is 1.21. The maximum Gasteiger partial charge on any atom is 0.192 e. The lowest BCUT2D eigenvalue weighted by Crippen LogP contribution is -2.11. The van der Waals surface area contributed by atoms with Crippen molar-refractivity contribution in [2.45, 2.75) is 26.2 Å². The molecule has 0 bridgehead atoms. The number of fused-ring (bicyclic) bond motifs is 2. The Morgan fingerprint density at radius 3 is 2.94 bits per heavy atom. The second-order valence-electron chi connectivity index (χ2n) is 4.41. The largest absolute Gasteiger partial charge is 0.358 e. The molecule has 1 heterocycles. The number of aromatic nitrogens is 1. The number of benzene rings is 1. The number of H-pyrrole nitrogens is 1. The fourth-order valence-electron chi connectivity index (χ4n) is 2.53. The van der Waals surface area contributed by atoms with E-state index in [0.717, 1.165) is 41.6 Å². The van der Waals surface area contributed by atoms with Crippen LogP contribution >= 0.6 is 0 Å². The second-order valence-corrected chi connectivity index (χ2v) is 4.41. The Morgan fingerprint density at radius 2 is 2.12 bits per heavy atom. The summed E-state index contributed by atoms with van der Waals surface area (Å²) in [6.45, 7) is 1.82. The van der Waals surface area contributed by atoms with Gasteiger partial charge in [-0.1, -0.05) is 0 Å². The summed E-state index contributed by atoms with van der Waals surface area (Å²) >= 11 is 0. The molecule has 0 fully saturated rings. The fourth-order valence-corrected chi connectivity index (χ4v) is 2.53. The summed E-state index contributed by atoms with van der Waals surface area (Å²) in [6.07, 6.45) is 2.76. The molecule has 0 saturated carbocycles. The molecular weight excluding hydrogens is 205 g/mol. The molecule has 0 saturated heterocycles. The van der Waals surface area contributed by atoms with Crippen LogP contribution in [0.25, 0.3) is 10.9 Å². The lowest BCUT2D eigenvalue weighted by atomic mass is 10.1. The van der Waals surface area contributed by atoms with E-state index in [2.05, 4.69) is 4.98 Å². The standard InChI is InChI=1S/C13H12FNO/c1-7-5-8(14)6-10-12(7)15-11-4-2-3-9(11)13(10)16/h5-6H,2-4H2,1H3,(H,15,16). The zero-order chi connectivity index (χ0) is 11.3. The van der Waals surface area contributed by atoms with E-state index in [-0.39, 0.29) is 11.2 Å². The molecule has 0 spiro atoms.